The van der Waals surface area contributed by atoms with Gasteiger partial charge in [-0.1, -0.05) is 41.9 Å². The Morgan fingerprint density at radius 1 is 1.21 bits per heavy atom. The van der Waals surface area contributed by atoms with Crippen molar-refractivity contribution in [3.63, 3.8) is 0 Å². The van der Waals surface area contributed by atoms with Gasteiger partial charge in [-0.05, 0) is 28.1 Å². The lowest BCUT2D eigenvalue weighted by Gasteiger charge is -2.22. The summed E-state index contributed by atoms with van der Waals surface area (Å²) in [6, 6.07) is 13.1. The quantitative estimate of drug-likeness (QED) is 0.770. The summed E-state index contributed by atoms with van der Waals surface area (Å²) in [5.74, 6) is 0.701. The van der Waals surface area contributed by atoms with Gasteiger partial charge in [-0.25, -0.2) is 0 Å². The van der Waals surface area contributed by atoms with Gasteiger partial charge in [-0.2, -0.15) is 0 Å². The summed E-state index contributed by atoms with van der Waals surface area (Å²) in [7, 11) is 0. The Morgan fingerprint density at radius 3 is 2.63 bits per heavy atom. The second-order valence-electron chi connectivity index (χ2n) is 4.49. The molecule has 2 aromatic carbocycles. The van der Waals surface area contributed by atoms with Gasteiger partial charge in [0.15, 0.2) is 11.9 Å². The molecule has 0 aliphatic carbocycles. The Balaban J connectivity index is 2.10. The first-order valence-electron chi connectivity index (χ1n) is 5.84. The van der Waals surface area contributed by atoms with Gasteiger partial charge in [0.1, 0.15) is 5.75 Å². The number of benzene rings is 2. The summed E-state index contributed by atoms with van der Waals surface area (Å²) >= 11 is 9.54. The van der Waals surface area contributed by atoms with Crippen LogP contribution in [0.1, 0.15) is 11.1 Å². The van der Waals surface area contributed by atoms with Crippen molar-refractivity contribution < 1.29 is 9.53 Å². The minimum absolute atomic E-state index is 0.483. The molecule has 19 heavy (non-hydrogen) atoms. The van der Waals surface area contributed by atoms with Crippen LogP contribution in [-0.4, -0.2) is 6.29 Å². The lowest BCUT2D eigenvalue weighted by molar-refractivity contribution is -0.120. The molecule has 0 N–H and O–H groups in total. The number of carbonyl (C=O) groups excluding carboxylic acids is 1. The average molecular weight is 338 g/mol. The van der Waals surface area contributed by atoms with E-state index in [1.54, 1.807) is 12.1 Å². The molecule has 0 aromatic heterocycles. The van der Waals surface area contributed by atoms with Crippen LogP contribution in [0, 0.1) is 0 Å². The molecule has 0 unspecified atom stereocenters. The fraction of sp³-hybridized carbons (Fsp3) is 0.133. The van der Waals surface area contributed by atoms with Crippen molar-refractivity contribution in [3.8, 4) is 5.75 Å². The highest BCUT2D eigenvalue weighted by Crippen LogP contribution is 2.45. The van der Waals surface area contributed by atoms with Crippen molar-refractivity contribution in [3.05, 3.63) is 63.1 Å². The van der Waals surface area contributed by atoms with Crippen molar-refractivity contribution in [1.29, 1.82) is 0 Å². The van der Waals surface area contributed by atoms with Gasteiger partial charge in [-0.15, -0.1) is 0 Å². The lowest BCUT2D eigenvalue weighted by atomic mass is 9.90. The third-order valence-corrected chi connectivity index (χ3v) is 4.79. The first kappa shape index (κ1) is 12.7. The number of aldehydes is 1. The number of hydrogen-bond acceptors (Lipinski definition) is 2. The van der Waals surface area contributed by atoms with Gasteiger partial charge in [0.2, 0.25) is 0 Å². The second-order valence-corrected chi connectivity index (χ2v) is 5.69. The van der Waals surface area contributed by atoms with E-state index in [4.69, 9.17) is 16.3 Å². The van der Waals surface area contributed by atoms with Crippen LogP contribution in [0.4, 0.5) is 0 Å². The molecule has 0 saturated heterocycles. The molecule has 2 aromatic rings. The predicted octanol–water partition coefficient (Wildman–Crippen LogP) is 4.13. The van der Waals surface area contributed by atoms with E-state index in [0.29, 0.717) is 17.2 Å². The molecule has 0 spiro atoms. The van der Waals surface area contributed by atoms with E-state index in [9.17, 15) is 4.79 Å². The Kier molecular flexibility index (Phi) is 3.11. The van der Waals surface area contributed by atoms with E-state index >= 15 is 0 Å². The summed E-state index contributed by atoms with van der Waals surface area (Å²) < 4.78 is 6.71. The molecular weight excluding hydrogens is 328 g/mol. The van der Waals surface area contributed by atoms with E-state index in [-0.39, 0.29) is 0 Å². The van der Waals surface area contributed by atoms with Crippen LogP contribution < -0.4 is 4.74 Å². The summed E-state index contributed by atoms with van der Waals surface area (Å²) in [5.41, 5.74) is 0.837. The van der Waals surface area contributed by atoms with Crippen molar-refractivity contribution in [1.82, 2.24) is 0 Å². The number of hydrogen-bond donors (Lipinski definition) is 0. The minimum Gasteiger partial charge on any atom is -0.474 e. The van der Waals surface area contributed by atoms with Crippen LogP contribution in [0.3, 0.4) is 0 Å². The van der Waals surface area contributed by atoms with Crippen molar-refractivity contribution >= 4 is 33.8 Å². The van der Waals surface area contributed by atoms with Gasteiger partial charge in [-0.3, -0.25) is 4.79 Å². The maximum absolute atomic E-state index is 11.6. The molecule has 0 saturated carbocycles. The Bertz CT molecular complexity index is 642. The normalized spacial score (nSPS) is 20.7. The van der Waals surface area contributed by atoms with Crippen molar-refractivity contribution in [2.75, 3.05) is 0 Å². The number of rotatable bonds is 2. The van der Waals surface area contributed by atoms with E-state index in [0.717, 1.165) is 21.9 Å². The molecular formula is C15H10BrClO2. The molecule has 4 heteroatoms. The smallest absolute Gasteiger partial charge is 0.193 e. The zero-order valence-corrected chi connectivity index (χ0v) is 12.2. The summed E-state index contributed by atoms with van der Waals surface area (Å²) in [4.78, 5) is 11.6. The standard InChI is InChI=1S/C15H10BrClO2/c16-14-11-8-15(9-18,10-4-2-1-3-5-10)19-13(11)7-6-12(14)17/h1-7,9H,8H2/t15-/m1/s1. The van der Waals surface area contributed by atoms with Gasteiger partial charge >= 0.3 is 0 Å². The molecule has 1 aliphatic rings. The maximum atomic E-state index is 11.6. The zero-order valence-electron chi connectivity index (χ0n) is 9.90. The van der Waals surface area contributed by atoms with Crippen LogP contribution in [0.25, 0.3) is 0 Å². The summed E-state index contributed by atoms with van der Waals surface area (Å²) in [6.45, 7) is 0. The highest BCUT2D eigenvalue weighted by atomic mass is 79.9. The Labute approximate surface area is 124 Å². The van der Waals surface area contributed by atoms with Crippen LogP contribution in [0.5, 0.6) is 5.75 Å². The van der Waals surface area contributed by atoms with Gasteiger partial charge in [0.25, 0.3) is 0 Å². The van der Waals surface area contributed by atoms with Gasteiger partial charge in [0, 0.05) is 22.0 Å². The highest BCUT2D eigenvalue weighted by Gasteiger charge is 2.42. The molecule has 1 aliphatic heterocycles. The topological polar surface area (TPSA) is 26.3 Å². The first-order chi connectivity index (χ1) is 9.16. The molecule has 0 amide bonds. The van der Waals surface area contributed by atoms with E-state index < -0.39 is 5.60 Å². The van der Waals surface area contributed by atoms with Crippen LogP contribution in [-0.2, 0) is 16.8 Å². The fourth-order valence-electron chi connectivity index (χ4n) is 2.35. The Hall–Kier alpha value is -1.32. The average Bonchev–Trinajstić information content (AvgIpc) is 2.85. The van der Waals surface area contributed by atoms with Crippen LogP contribution in [0.15, 0.2) is 46.9 Å². The van der Waals surface area contributed by atoms with Crippen molar-refractivity contribution in [2.45, 2.75) is 12.0 Å². The molecule has 1 heterocycles. The number of fused-ring (bicyclic) bond motifs is 1. The van der Waals surface area contributed by atoms with E-state index in [2.05, 4.69) is 15.9 Å². The monoisotopic (exact) mass is 336 g/mol. The van der Waals surface area contributed by atoms with Gasteiger partial charge < -0.3 is 4.74 Å². The zero-order chi connectivity index (χ0) is 13.5. The Morgan fingerprint density at radius 2 is 1.95 bits per heavy atom. The highest BCUT2D eigenvalue weighted by molar-refractivity contribution is 9.10. The first-order valence-corrected chi connectivity index (χ1v) is 7.01. The van der Waals surface area contributed by atoms with Crippen LogP contribution >= 0.6 is 27.5 Å². The fourth-order valence-corrected chi connectivity index (χ4v) is 2.99. The largest absolute Gasteiger partial charge is 0.474 e. The van der Waals surface area contributed by atoms with E-state index in [1.165, 1.54) is 0 Å². The third kappa shape index (κ3) is 1.97. The second kappa shape index (κ2) is 4.66. The van der Waals surface area contributed by atoms with Gasteiger partial charge in [0.05, 0.1) is 5.02 Å². The number of halogens is 2. The molecule has 1 atom stereocenters. The van der Waals surface area contributed by atoms with Crippen molar-refractivity contribution in [2.24, 2.45) is 0 Å². The maximum Gasteiger partial charge on any atom is 0.193 e. The minimum atomic E-state index is -0.948. The molecule has 3 rings (SSSR count). The number of ether oxygens (including phenoxy) is 1. The van der Waals surface area contributed by atoms with E-state index in [1.807, 2.05) is 30.3 Å². The van der Waals surface area contributed by atoms with Crippen LogP contribution in [0.2, 0.25) is 5.02 Å². The third-order valence-electron chi connectivity index (χ3n) is 3.34. The molecule has 96 valence electrons. The molecule has 2 nitrogen and oxygen atoms in total. The lowest BCUT2D eigenvalue weighted by Crippen LogP contribution is -2.33. The summed E-state index contributed by atoms with van der Waals surface area (Å²) in [5, 5.41) is 0.622. The molecule has 0 bridgehead atoms. The summed E-state index contributed by atoms with van der Waals surface area (Å²) in [6.07, 6.45) is 1.35. The SMILES string of the molecule is O=C[C@@]1(c2ccccc2)Cc2c(ccc(Cl)c2Br)O1. The number of carbonyl (C=O) groups is 1. The molecule has 0 radical (unpaired) electrons. The predicted molar refractivity (Wildman–Crippen MR) is 77.7 cm³/mol. The molecule has 0 fully saturated rings.